The smallest absolute Gasteiger partial charge is 0.338 e. The molecule has 0 bridgehead atoms. The maximum Gasteiger partial charge on any atom is 0.338 e. The lowest BCUT2D eigenvalue weighted by molar-refractivity contribution is 0.0694. The summed E-state index contributed by atoms with van der Waals surface area (Å²) in [5.74, 6) is -0.890. The second kappa shape index (κ2) is 6.48. The Morgan fingerprint density at radius 3 is 2.40 bits per heavy atom. The van der Waals surface area contributed by atoms with E-state index >= 15 is 0 Å². The fraction of sp³-hybridized carbons (Fsp3) is 0.188. The van der Waals surface area contributed by atoms with Crippen molar-refractivity contribution in [2.24, 2.45) is 0 Å². The molecule has 0 unspecified atom stereocenters. The van der Waals surface area contributed by atoms with Crippen molar-refractivity contribution in [1.82, 2.24) is 0 Å². The Kier molecular flexibility index (Phi) is 4.69. The molecule has 0 aliphatic carbocycles. The van der Waals surface area contributed by atoms with Crippen LogP contribution < -0.4 is 4.90 Å². The Bertz CT molecular complexity index is 599. The van der Waals surface area contributed by atoms with Crippen LogP contribution in [0.1, 0.15) is 17.3 Å². The number of carboxylic acid groups (broad SMARTS) is 1. The highest BCUT2D eigenvalue weighted by Gasteiger charge is 2.19. The number of para-hydroxylation sites is 1. The van der Waals surface area contributed by atoms with E-state index in [9.17, 15) is 9.90 Å². The molecule has 0 saturated heterocycles. The molecule has 0 spiro atoms. The zero-order valence-corrected chi connectivity index (χ0v) is 12.4. The lowest BCUT2D eigenvalue weighted by Gasteiger charge is -2.25. The van der Waals surface area contributed by atoms with Crippen LogP contribution in [0.2, 0.25) is 0 Å². The first-order valence-electron chi connectivity index (χ1n) is 6.42. The summed E-state index contributed by atoms with van der Waals surface area (Å²) < 4.78 is 0. The lowest BCUT2D eigenvalue weighted by atomic mass is 10.1. The van der Waals surface area contributed by atoms with Crippen LogP contribution in [0.3, 0.4) is 0 Å². The average molecular weight is 287 g/mol. The van der Waals surface area contributed by atoms with Gasteiger partial charge in [0.25, 0.3) is 0 Å². The van der Waals surface area contributed by atoms with Crippen molar-refractivity contribution in [3.63, 3.8) is 0 Å². The van der Waals surface area contributed by atoms with E-state index in [1.54, 1.807) is 0 Å². The van der Waals surface area contributed by atoms with Crippen LogP contribution in [0, 0.1) is 0 Å². The number of carbonyl (C=O) groups is 1. The molecule has 0 atom stereocenters. The van der Waals surface area contributed by atoms with Gasteiger partial charge in [0.1, 0.15) is 0 Å². The molecule has 0 aromatic heterocycles. The van der Waals surface area contributed by atoms with Crippen molar-refractivity contribution >= 4 is 29.1 Å². The molecule has 20 heavy (non-hydrogen) atoms. The number of carboxylic acids is 1. The van der Waals surface area contributed by atoms with Crippen molar-refractivity contribution in [2.45, 2.75) is 11.8 Å². The number of aromatic carboxylic acids is 1. The molecule has 104 valence electrons. The number of thioether (sulfide) groups is 1. The average Bonchev–Trinajstić information content (AvgIpc) is 2.48. The molecule has 0 amide bonds. The summed E-state index contributed by atoms with van der Waals surface area (Å²) in [5, 5.41) is 9.53. The van der Waals surface area contributed by atoms with E-state index in [-0.39, 0.29) is 0 Å². The monoisotopic (exact) mass is 287 g/mol. The number of rotatable bonds is 5. The number of benzene rings is 2. The normalized spacial score (nSPS) is 10.3. The van der Waals surface area contributed by atoms with Crippen molar-refractivity contribution in [3.05, 3.63) is 54.1 Å². The minimum atomic E-state index is -0.890. The number of hydrogen-bond donors (Lipinski definition) is 1. The fourth-order valence-corrected chi connectivity index (χ4v) is 2.84. The van der Waals surface area contributed by atoms with Gasteiger partial charge >= 0.3 is 5.97 Å². The molecule has 0 saturated carbocycles. The van der Waals surface area contributed by atoms with Crippen LogP contribution in [0.4, 0.5) is 11.4 Å². The van der Waals surface area contributed by atoms with Crippen LogP contribution in [0.15, 0.2) is 53.4 Å². The van der Waals surface area contributed by atoms with Gasteiger partial charge in [0.2, 0.25) is 0 Å². The van der Waals surface area contributed by atoms with Crippen molar-refractivity contribution in [1.29, 1.82) is 0 Å². The summed E-state index contributed by atoms with van der Waals surface area (Å²) in [7, 11) is 0. The van der Waals surface area contributed by atoms with Gasteiger partial charge in [0.15, 0.2) is 0 Å². The highest BCUT2D eigenvalue weighted by Crippen LogP contribution is 2.33. The Morgan fingerprint density at radius 2 is 1.85 bits per heavy atom. The molecule has 0 radical (unpaired) electrons. The lowest BCUT2D eigenvalue weighted by Crippen LogP contribution is -2.19. The number of anilines is 2. The molecule has 0 fully saturated rings. The van der Waals surface area contributed by atoms with Gasteiger partial charge in [-0.25, -0.2) is 4.79 Å². The van der Waals surface area contributed by atoms with Gasteiger partial charge in [0, 0.05) is 17.1 Å². The molecule has 0 heterocycles. The highest BCUT2D eigenvalue weighted by atomic mass is 32.2. The minimum Gasteiger partial charge on any atom is -0.478 e. The van der Waals surface area contributed by atoms with Gasteiger partial charge < -0.3 is 10.0 Å². The quantitative estimate of drug-likeness (QED) is 0.834. The largest absolute Gasteiger partial charge is 0.478 e. The third-order valence-electron chi connectivity index (χ3n) is 3.11. The SMILES string of the molecule is CCN(c1ccccc1)c1cccc(SC)c1C(=O)O. The molecule has 2 rings (SSSR count). The second-order valence-corrected chi connectivity index (χ2v) is 5.09. The standard InChI is InChI=1S/C16H17NO2S/c1-3-17(12-8-5-4-6-9-12)13-10-7-11-14(20-2)15(13)16(18)19/h4-11H,3H2,1-2H3,(H,18,19). The second-order valence-electron chi connectivity index (χ2n) is 4.24. The summed E-state index contributed by atoms with van der Waals surface area (Å²) in [4.78, 5) is 14.4. The van der Waals surface area contributed by atoms with Gasteiger partial charge in [-0.1, -0.05) is 24.3 Å². The van der Waals surface area contributed by atoms with Crippen molar-refractivity contribution in [3.8, 4) is 0 Å². The summed E-state index contributed by atoms with van der Waals surface area (Å²) in [6.07, 6.45) is 1.89. The van der Waals surface area contributed by atoms with E-state index in [4.69, 9.17) is 0 Å². The topological polar surface area (TPSA) is 40.5 Å². The van der Waals surface area contributed by atoms with Gasteiger partial charge in [0.05, 0.1) is 11.3 Å². The molecule has 3 nitrogen and oxygen atoms in total. The predicted octanol–water partition coefficient (Wildman–Crippen LogP) is 4.26. The van der Waals surface area contributed by atoms with Crippen LogP contribution in [0.25, 0.3) is 0 Å². The van der Waals surface area contributed by atoms with E-state index < -0.39 is 5.97 Å². The van der Waals surface area contributed by atoms with E-state index in [0.29, 0.717) is 12.1 Å². The summed E-state index contributed by atoms with van der Waals surface area (Å²) >= 11 is 1.45. The summed E-state index contributed by atoms with van der Waals surface area (Å²) in [6, 6.07) is 15.4. The first-order valence-corrected chi connectivity index (χ1v) is 7.64. The van der Waals surface area contributed by atoms with E-state index in [1.807, 2.05) is 66.6 Å². The van der Waals surface area contributed by atoms with Crippen LogP contribution in [0.5, 0.6) is 0 Å². The fourth-order valence-electron chi connectivity index (χ4n) is 2.23. The predicted molar refractivity (Wildman–Crippen MR) is 84.3 cm³/mol. The first-order chi connectivity index (χ1) is 9.69. The molecule has 4 heteroatoms. The van der Waals surface area contributed by atoms with E-state index in [1.165, 1.54) is 11.8 Å². The van der Waals surface area contributed by atoms with Crippen molar-refractivity contribution in [2.75, 3.05) is 17.7 Å². The third-order valence-corrected chi connectivity index (χ3v) is 3.89. The molecular weight excluding hydrogens is 270 g/mol. The van der Waals surface area contributed by atoms with Gasteiger partial charge in [-0.3, -0.25) is 0 Å². The first kappa shape index (κ1) is 14.5. The molecule has 0 aliphatic rings. The Morgan fingerprint density at radius 1 is 1.15 bits per heavy atom. The Hall–Kier alpha value is -1.94. The van der Waals surface area contributed by atoms with Gasteiger partial charge in [-0.05, 0) is 37.4 Å². The summed E-state index contributed by atoms with van der Waals surface area (Å²) in [6.45, 7) is 2.73. The van der Waals surface area contributed by atoms with Crippen LogP contribution in [-0.4, -0.2) is 23.9 Å². The highest BCUT2D eigenvalue weighted by molar-refractivity contribution is 7.98. The molecule has 0 aliphatic heterocycles. The Labute approximate surface area is 123 Å². The van der Waals surface area contributed by atoms with Crippen LogP contribution in [-0.2, 0) is 0 Å². The summed E-state index contributed by atoms with van der Waals surface area (Å²) in [5.41, 5.74) is 2.10. The number of hydrogen-bond acceptors (Lipinski definition) is 3. The number of nitrogens with zero attached hydrogens (tertiary/aromatic N) is 1. The Balaban J connectivity index is 2.58. The minimum absolute atomic E-state index is 0.366. The molecule has 2 aromatic carbocycles. The molecular formula is C16H17NO2S. The van der Waals surface area contributed by atoms with Crippen molar-refractivity contribution < 1.29 is 9.90 Å². The maximum absolute atomic E-state index is 11.6. The van der Waals surface area contributed by atoms with Crippen LogP contribution >= 0.6 is 11.8 Å². The molecule has 2 aromatic rings. The van der Waals surface area contributed by atoms with Gasteiger partial charge in [-0.15, -0.1) is 11.8 Å². The third kappa shape index (κ3) is 2.80. The van der Waals surface area contributed by atoms with Gasteiger partial charge in [-0.2, -0.15) is 0 Å². The van der Waals surface area contributed by atoms with E-state index in [2.05, 4.69) is 0 Å². The maximum atomic E-state index is 11.6. The zero-order valence-electron chi connectivity index (χ0n) is 11.5. The molecule has 1 N–H and O–H groups in total. The zero-order chi connectivity index (χ0) is 14.5. The van der Waals surface area contributed by atoms with E-state index in [0.717, 1.165) is 16.3 Å².